The maximum atomic E-state index is 13.6. The molecule has 1 saturated carbocycles. The van der Waals surface area contributed by atoms with Gasteiger partial charge in [-0.25, -0.2) is 4.39 Å². The Bertz CT molecular complexity index is 449. The van der Waals surface area contributed by atoms with Gasteiger partial charge in [-0.1, -0.05) is 12.8 Å². The molecule has 1 saturated heterocycles. The van der Waals surface area contributed by atoms with Crippen molar-refractivity contribution in [3.8, 4) is 0 Å². The van der Waals surface area contributed by atoms with Gasteiger partial charge in [0.2, 0.25) is 0 Å². The van der Waals surface area contributed by atoms with Crippen molar-refractivity contribution in [1.29, 1.82) is 0 Å². The van der Waals surface area contributed by atoms with Crippen molar-refractivity contribution in [3.05, 3.63) is 29.8 Å². The summed E-state index contributed by atoms with van der Waals surface area (Å²) in [6, 6.07) is 1.47. The normalized spacial score (nSPS) is 27.1. The molecule has 0 bridgehead atoms. The van der Waals surface area contributed by atoms with E-state index in [9.17, 15) is 9.18 Å². The third kappa shape index (κ3) is 2.00. The Hall–Kier alpha value is -1.45. The lowest BCUT2D eigenvalue weighted by molar-refractivity contribution is 0.0779. The van der Waals surface area contributed by atoms with Gasteiger partial charge in [-0.05, 0) is 30.7 Å². The molecule has 0 radical (unpaired) electrons. The number of halogens is 1. The highest BCUT2D eigenvalue weighted by Gasteiger charge is 2.37. The first-order chi connectivity index (χ1) is 8.75. The van der Waals surface area contributed by atoms with Crippen molar-refractivity contribution >= 4 is 5.91 Å². The van der Waals surface area contributed by atoms with Crippen molar-refractivity contribution in [2.45, 2.75) is 25.7 Å². The summed E-state index contributed by atoms with van der Waals surface area (Å²) in [6.45, 7) is 1.59. The van der Waals surface area contributed by atoms with Crippen LogP contribution in [-0.2, 0) is 0 Å². The van der Waals surface area contributed by atoms with E-state index in [0.29, 0.717) is 11.8 Å². The van der Waals surface area contributed by atoms with Crippen molar-refractivity contribution in [3.63, 3.8) is 0 Å². The zero-order chi connectivity index (χ0) is 12.5. The van der Waals surface area contributed by atoms with E-state index < -0.39 is 5.82 Å². The molecule has 0 spiro atoms. The lowest BCUT2D eigenvalue weighted by Gasteiger charge is -2.22. The molecule has 96 valence electrons. The molecule has 2 fully saturated rings. The average molecular weight is 248 g/mol. The molecule has 2 unspecified atom stereocenters. The number of nitrogens with zero attached hydrogens (tertiary/aromatic N) is 2. The van der Waals surface area contributed by atoms with Crippen LogP contribution in [0.1, 0.15) is 36.0 Å². The first kappa shape index (κ1) is 11.6. The highest BCUT2D eigenvalue weighted by atomic mass is 19.1. The van der Waals surface area contributed by atoms with Crippen molar-refractivity contribution in [2.24, 2.45) is 11.8 Å². The fraction of sp³-hybridized carbons (Fsp3) is 0.571. The van der Waals surface area contributed by atoms with E-state index in [1.165, 1.54) is 37.9 Å². The third-order valence-electron chi connectivity index (χ3n) is 4.27. The monoisotopic (exact) mass is 248 g/mol. The standard InChI is InChI=1S/C14H17FN2O/c15-13-7-16-6-5-12(13)14(18)17-8-10-3-1-2-4-11(10)9-17/h5-7,10-11H,1-4,8-9H2. The van der Waals surface area contributed by atoms with Gasteiger partial charge in [0.05, 0.1) is 11.8 Å². The summed E-state index contributed by atoms with van der Waals surface area (Å²) in [5.74, 6) is 0.571. The van der Waals surface area contributed by atoms with E-state index >= 15 is 0 Å². The number of rotatable bonds is 1. The number of fused-ring (bicyclic) bond motifs is 1. The van der Waals surface area contributed by atoms with E-state index in [1.54, 1.807) is 0 Å². The molecular formula is C14H17FN2O. The second-order valence-corrected chi connectivity index (χ2v) is 5.37. The Morgan fingerprint density at radius 3 is 2.56 bits per heavy atom. The summed E-state index contributed by atoms with van der Waals surface area (Å²) in [7, 11) is 0. The van der Waals surface area contributed by atoms with Gasteiger partial charge in [-0.15, -0.1) is 0 Å². The van der Waals surface area contributed by atoms with Gasteiger partial charge in [0.15, 0.2) is 5.82 Å². The van der Waals surface area contributed by atoms with Crippen molar-refractivity contribution < 1.29 is 9.18 Å². The predicted octanol–water partition coefficient (Wildman–Crippen LogP) is 2.48. The van der Waals surface area contributed by atoms with Crippen LogP contribution in [0.2, 0.25) is 0 Å². The summed E-state index contributed by atoms with van der Waals surface area (Å²) in [6.07, 6.45) is 7.55. The lowest BCUT2D eigenvalue weighted by atomic mass is 9.82. The Morgan fingerprint density at radius 1 is 1.28 bits per heavy atom. The molecular weight excluding hydrogens is 231 g/mol. The third-order valence-corrected chi connectivity index (χ3v) is 4.27. The largest absolute Gasteiger partial charge is 0.338 e. The number of amides is 1. The summed E-state index contributed by atoms with van der Waals surface area (Å²) in [4.78, 5) is 17.8. The smallest absolute Gasteiger partial charge is 0.256 e. The van der Waals surface area contributed by atoms with E-state index in [2.05, 4.69) is 4.98 Å². The molecule has 0 aromatic carbocycles. The van der Waals surface area contributed by atoms with Crippen LogP contribution >= 0.6 is 0 Å². The van der Waals surface area contributed by atoms with Crippen LogP contribution in [0.25, 0.3) is 0 Å². The first-order valence-electron chi connectivity index (χ1n) is 6.64. The number of hydrogen-bond acceptors (Lipinski definition) is 2. The molecule has 4 heteroatoms. The minimum atomic E-state index is -0.516. The van der Waals surface area contributed by atoms with Gasteiger partial charge in [-0.3, -0.25) is 9.78 Å². The first-order valence-corrected chi connectivity index (χ1v) is 6.64. The van der Waals surface area contributed by atoms with E-state index in [0.717, 1.165) is 19.3 Å². The van der Waals surface area contributed by atoms with Gasteiger partial charge in [0, 0.05) is 19.3 Å². The molecule has 2 aliphatic rings. The Kier molecular flexibility index (Phi) is 3.02. The molecule has 2 atom stereocenters. The van der Waals surface area contributed by atoms with Crippen molar-refractivity contribution in [2.75, 3.05) is 13.1 Å². The second kappa shape index (κ2) is 4.67. The topological polar surface area (TPSA) is 33.2 Å². The quantitative estimate of drug-likeness (QED) is 0.765. The maximum Gasteiger partial charge on any atom is 0.256 e. The molecule has 1 aromatic rings. The summed E-state index contributed by atoms with van der Waals surface area (Å²) in [5.41, 5.74) is 0.156. The number of carbonyl (C=O) groups is 1. The molecule has 1 amide bonds. The zero-order valence-corrected chi connectivity index (χ0v) is 10.3. The van der Waals surface area contributed by atoms with Gasteiger partial charge in [0.1, 0.15) is 0 Å². The maximum absolute atomic E-state index is 13.6. The van der Waals surface area contributed by atoms with Crippen molar-refractivity contribution in [1.82, 2.24) is 9.88 Å². The number of likely N-dealkylation sites (tertiary alicyclic amines) is 1. The van der Waals surface area contributed by atoms with Crippen LogP contribution in [0.4, 0.5) is 4.39 Å². The summed E-state index contributed by atoms with van der Waals surface area (Å²) >= 11 is 0. The Balaban J connectivity index is 1.76. The Morgan fingerprint density at radius 2 is 1.94 bits per heavy atom. The summed E-state index contributed by atoms with van der Waals surface area (Å²) in [5, 5.41) is 0. The number of carbonyl (C=O) groups excluding carboxylic acids is 1. The molecule has 18 heavy (non-hydrogen) atoms. The minimum absolute atomic E-state index is 0.156. The predicted molar refractivity (Wildman–Crippen MR) is 65.5 cm³/mol. The molecule has 1 aromatic heterocycles. The van der Waals surface area contributed by atoms with Gasteiger partial charge >= 0.3 is 0 Å². The van der Waals surface area contributed by atoms with E-state index in [4.69, 9.17) is 0 Å². The molecule has 2 heterocycles. The highest BCUT2D eigenvalue weighted by Crippen LogP contribution is 2.36. The van der Waals surface area contributed by atoms with E-state index in [-0.39, 0.29) is 11.5 Å². The van der Waals surface area contributed by atoms with Gasteiger partial charge in [0.25, 0.3) is 5.91 Å². The minimum Gasteiger partial charge on any atom is -0.338 e. The van der Waals surface area contributed by atoms with Gasteiger partial charge < -0.3 is 4.90 Å². The molecule has 1 aliphatic heterocycles. The van der Waals surface area contributed by atoms with Gasteiger partial charge in [-0.2, -0.15) is 0 Å². The van der Waals surface area contributed by atoms with E-state index in [1.807, 2.05) is 4.90 Å². The average Bonchev–Trinajstić information content (AvgIpc) is 2.82. The van der Waals surface area contributed by atoms with Crippen LogP contribution in [0.15, 0.2) is 18.5 Å². The fourth-order valence-corrected chi connectivity index (χ4v) is 3.29. The Labute approximate surface area is 106 Å². The van der Waals surface area contributed by atoms with Crippen LogP contribution in [0, 0.1) is 17.7 Å². The molecule has 3 nitrogen and oxygen atoms in total. The number of hydrogen-bond donors (Lipinski definition) is 0. The fourth-order valence-electron chi connectivity index (χ4n) is 3.29. The molecule has 3 rings (SSSR count). The summed E-state index contributed by atoms with van der Waals surface area (Å²) < 4.78 is 13.6. The van der Waals surface area contributed by atoms with Crippen LogP contribution < -0.4 is 0 Å². The van der Waals surface area contributed by atoms with Crippen LogP contribution in [0.3, 0.4) is 0 Å². The second-order valence-electron chi connectivity index (χ2n) is 5.37. The number of pyridine rings is 1. The van der Waals surface area contributed by atoms with Crippen LogP contribution in [-0.4, -0.2) is 28.9 Å². The molecule has 0 N–H and O–H groups in total. The molecule has 1 aliphatic carbocycles. The lowest BCUT2D eigenvalue weighted by Crippen LogP contribution is -2.29. The SMILES string of the molecule is O=C(c1ccncc1F)N1CC2CCCCC2C1. The zero-order valence-electron chi connectivity index (χ0n) is 10.3. The van der Waals surface area contributed by atoms with Crippen LogP contribution in [0.5, 0.6) is 0 Å². The number of aromatic nitrogens is 1. The highest BCUT2D eigenvalue weighted by molar-refractivity contribution is 5.94.